The van der Waals surface area contributed by atoms with Gasteiger partial charge in [0.05, 0.1) is 11.4 Å². The maximum atomic E-state index is 2.46. The van der Waals surface area contributed by atoms with Gasteiger partial charge >= 0.3 is 0 Å². The molecule has 0 aliphatic heterocycles. The van der Waals surface area contributed by atoms with E-state index in [2.05, 4.69) is 183 Å². The second-order valence-corrected chi connectivity index (χ2v) is 12.1. The Morgan fingerprint density at radius 3 is 1.68 bits per heavy atom. The van der Waals surface area contributed by atoms with E-state index in [9.17, 15) is 0 Å². The van der Waals surface area contributed by atoms with Gasteiger partial charge in [-0.1, -0.05) is 153 Å². The molecule has 0 saturated carbocycles. The van der Waals surface area contributed by atoms with Crippen molar-refractivity contribution in [2.45, 2.75) is 19.3 Å². The van der Waals surface area contributed by atoms with Gasteiger partial charge in [-0.2, -0.15) is 0 Å². The number of benzene rings is 7. The van der Waals surface area contributed by atoms with Crippen LogP contribution >= 0.6 is 0 Å². The molecule has 0 aromatic heterocycles. The van der Waals surface area contributed by atoms with Crippen LogP contribution in [0, 0.1) is 0 Å². The second-order valence-electron chi connectivity index (χ2n) is 12.1. The molecule has 1 heteroatoms. The molecular formula is C43H33N. The molecule has 1 nitrogen and oxygen atoms in total. The second kappa shape index (κ2) is 10.4. The maximum Gasteiger partial charge on any atom is 0.0546 e. The van der Waals surface area contributed by atoms with Gasteiger partial charge in [-0.3, -0.25) is 0 Å². The van der Waals surface area contributed by atoms with Crippen molar-refractivity contribution in [2.24, 2.45) is 0 Å². The molecule has 7 aromatic carbocycles. The van der Waals surface area contributed by atoms with Crippen molar-refractivity contribution < 1.29 is 0 Å². The molecule has 210 valence electrons. The number of rotatable bonds is 5. The van der Waals surface area contributed by atoms with Crippen LogP contribution < -0.4 is 4.90 Å². The van der Waals surface area contributed by atoms with E-state index in [-0.39, 0.29) is 5.41 Å². The standard InChI is InChI=1S/C43H33N/c1-43(2)38-27-16-26-34(31-19-8-4-9-20-31)41(38)37-29-40(35-24-12-13-25-36(35)42(37)43)44(32-21-10-5-11-22-32)39-28-15-14-23-33(39)30-17-6-3-7-18-30/h3-29H,1-2H3. The van der Waals surface area contributed by atoms with Gasteiger partial charge in [0.15, 0.2) is 0 Å². The fourth-order valence-electron chi connectivity index (χ4n) is 7.28. The molecule has 0 spiro atoms. The van der Waals surface area contributed by atoms with Gasteiger partial charge in [0.25, 0.3) is 0 Å². The summed E-state index contributed by atoms with van der Waals surface area (Å²) in [7, 11) is 0. The summed E-state index contributed by atoms with van der Waals surface area (Å²) >= 11 is 0. The fourth-order valence-corrected chi connectivity index (χ4v) is 7.28. The van der Waals surface area contributed by atoms with Crippen molar-refractivity contribution in [1.29, 1.82) is 0 Å². The summed E-state index contributed by atoms with van der Waals surface area (Å²) in [6, 6.07) is 59.4. The smallest absolute Gasteiger partial charge is 0.0546 e. The van der Waals surface area contributed by atoms with E-state index in [0.717, 1.165) is 11.4 Å². The van der Waals surface area contributed by atoms with Crippen LogP contribution in [0.2, 0.25) is 0 Å². The molecule has 0 bridgehead atoms. The van der Waals surface area contributed by atoms with Gasteiger partial charge in [-0.05, 0) is 68.6 Å². The van der Waals surface area contributed by atoms with Gasteiger partial charge in [-0.25, -0.2) is 0 Å². The van der Waals surface area contributed by atoms with Crippen molar-refractivity contribution >= 4 is 27.8 Å². The zero-order valence-electron chi connectivity index (χ0n) is 25.0. The molecule has 0 heterocycles. The van der Waals surface area contributed by atoms with Crippen molar-refractivity contribution in [3.63, 3.8) is 0 Å². The average molecular weight is 564 g/mol. The topological polar surface area (TPSA) is 3.24 Å². The summed E-state index contributed by atoms with van der Waals surface area (Å²) in [6.45, 7) is 4.77. The molecule has 0 atom stereocenters. The zero-order chi connectivity index (χ0) is 29.7. The summed E-state index contributed by atoms with van der Waals surface area (Å²) in [6.07, 6.45) is 0. The third-order valence-corrected chi connectivity index (χ3v) is 9.22. The molecule has 0 radical (unpaired) electrons. The first-order valence-corrected chi connectivity index (χ1v) is 15.4. The molecule has 44 heavy (non-hydrogen) atoms. The molecule has 1 aliphatic carbocycles. The minimum absolute atomic E-state index is 0.146. The third-order valence-electron chi connectivity index (χ3n) is 9.22. The van der Waals surface area contributed by atoms with E-state index in [4.69, 9.17) is 0 Å². The van der Waals surface area contributed by atoms with Gasteiger partial charge in [0, 0.05) is 22.1 Å². The predicted molar refractivity (Wildman–Crippen MR) is 187 cm³/mol. The van der Waals surface area contributed by atoms with Crippen LogP contribution in [-0.2, 0) is 5.41 Å². The summed E-state index contributed by atoms with van der Waals surface area (Å²) < 4.78 is 0. The first kappa shape index (κ1) is 26.2. The number of anilines is 3. The average Bonchev–Trinajstić information content (AvgIpc) is 3.32. The van der Waals surface area contributed by atoms with Crippen molar-refractivity contribution in [2.75, 3.05) is 4.90 Å². The molecule has 0 saturated heterocycles. The Morgan fingerprint density at radius 1 is 0.432 bits per heavy atom. The van der Waals surface area contributed by atoms with E-state index < -0.39 is 0 Å². The Bertz CT molecular complexity index is 2130. The highest BCUT2D eigenvalue weighted by Crippen LogP contribution is 2.57. The van der Waals surface area contributed by atoms with Crippen LogP contribution in [0.3, 0.4) is 0 Å². The van der Waals surface area contributed by atoms with Crippen LogP contribution in [0.15, 0.2) is 164 Å². The number of para-hydroxylation sites is 2. The first-order valence-electron chi connectivity index (χ1n) is 15.4. The highest BCUT2D eigenvalue weighted by molar-refractivity contribution is 6.09. The lowest BCUT2D eigenvalue weighted by Crippen LogP contribution is -2.16. The Hall–Kier alpha value is -5.40. The SMILES string of the molecule is CC1(C)c2cccc(-c3ccccc3)c2-c2cc(N(c3ccccc3)c3ccccc3-c3ccccc3)c3ccccc3c21. The summed E-state index contributed by atoms with van der Waals surface area (Å²) in [4.78, 5) is 2.46. The number of hydrogen-bond donors (Lipinski definition) is 0. The number of hydrogen-bond acceptors (Lipinski definition) is 1. The van der Waals surface area contributed by atoms with Crippen LogP contribution in [0.4, 0.5) is 17.1 Å². The molecule has 8 rings (SSSR count). The maximum absolute atomic E-state index is 2.46. The monoisotopic (exact) mass is 563 g/mol. The molecular weight excluding hydrogens is 530 g/mol. The van der Waals surface area contributed by atoms with Crippen molar-refractivity contribution in [3.8, 4) is 33.4 Å². The normalized spacial score (nSPS) is 13.0. The quantitative estimate of drug-likeness (QED) is 0.201. The number of fused-ring (bicyclic) bond motifs is 5. The van der Waals surface area contributed by atoms with E-state index in [1.54, 1.807) is 0 Å². The molecule has 1 aliphatic rings. The first-order chi connectivity index (χ1) is 21.6. The van der Waals surface area contributed by atoms with Crippen molar-refractivity contribution in [1.82, 2.24) is 0 Å². The lowest BCUT2D eigenvalue weighted by molar-refractivity contribution is 0.666. The van der Waals surface area contributed by atoms with E-state index in [1.165, 1.54) is 61.0 Å². The minimum atomic E-state index is -0.146. The largest absolute Gasteiger partial charge is 0.309 e. The zero-order valence-corrected chi connectivity index (χ0v) is 25.0. The minimum Gasteiger partial charge on any atom is -0.309 e. The van der Waals surface area contributed by atoms with E-state index in [1.807, 2.05) is 0 Å². The lowest BCUT2D eigenvalue weighted by atomic mass is 9.79. The molecule has 0 N–H and O–H groups in total. The molecule has 7 aromatic rings. The van der Waals surface area contributed by atoms with E-state index in [0.29, 0.717) is 0 Å². The molecule has 0 unspecified atom stereocenters. The highest BCUT2D eigenvalue weighted by atomic mass is 15.1. The Morgan fingerprint density at radius 2 is 0.977 bits per heavy atom. The van der Waals surface area contributed by atoms with Crippen LogP contribution in [-0.4, -0.2) is 0 Å². The fraction of sp³-hybridized carbons (Fsp3) is 0.0698. The highest BCUT2D eigenvalue weighted by Gasteiger charge is 2.39. The van der Waals surface area contributed by atoms with E-state index >= 15 is 0 Å². The van der Waals surface area contributed by atoms with Crippen molar-refractivity contribution in [3.05, 3.63) is 175 Å². The Labute approximate surface area is 259 Å². The number of nitrogens with zero attached hydrogens (tertiary/aromatic N) is 1. The third kappa shape index (κ3) is 4.08. The van der Waals surface area contributed by atoms with Crippen LogP contribution in [0.1, 0.15) is 25.0 Å². The van der Waals surface area contributed by atoms with Gasteiger partial charge in [0.1, 0.15) is 0 Å². The van der Waals surface area contributed by atoms with Gasteiger partial charge < -0.3 is 4.90 Å². The Kier molecular flexibility index (Phi) is 6.20. The molecule has 0 amide bonds. The van der Waals surface area contributed by atoms with Crippen LogP contribution in [0.5, 0.6) is 0 Å². The van der Waals surface area contributed by atoms with Gasteiger partial charge in [0.2, 0.25) is 0 Å². The summed E-state index contributed by atoms with van der Waals surface area (Å²) in [5.74, 6) is 0. The lowest BCUT2D eigenvalue weighted by Gasteiger charge is -2.31. The Balaban J connectivity index is 1.48. The summed E-state index contributed by atoms with van der Waals surface area (Å²) in [5, 5.41) is 2.55. The predicted octanol–water partition coefficient (Wildman–Crippen LogP) is 11.9. The van der Waals surface area contributed by atoms with Gasteiger partial charge in [-0.15, -0.1) is 0 Å². The summed E-state index contributed by atoms with van der Waals surface area (Å²) in [5.41, 5.74) is 13.7. The van der Waals surface area contributed by atoms with Crippen LogP contribution in [0.25, 0.3) is 44.2 Å². The molecule has 0 fully saturated rings.